The maximum Gasteiger partial charge on any atom is 0.235 e. The van der Waals surface area contributed by atoms with Crippen LogP contribution in [-0.2, 0) is 25.8 Å². The highest BCUT2D eigenvalue weighted by atomic mass is 32.2. The largest absolute Gasteiger partial charge is 0.270 e. The average Bonchev–Trinajstić information content (AvgIpc) is 2.94. The van der Waals surface area contributed by atoms with Crippen molar-refractivity contribution >= 4 is 25.7 Å². The van der Waals surface area contributed by atoms with Crippen LogP contribution in [0.5, 0.6) is 0 Å². The lowest BCUT2D eigenvalue weighted by molar-refractivity contribution is 0.566. The standard InChI is InChI=1S/C18H22N2O4S2/c1-15(19-25(21,22)14-16-7-3-2-4-8-16)17-9-5-10-18(13-17)20-11-6-12-26(20,23)24/h2-5,7-10,13,15,19H,6,11-12,14H2,1H3/t15-/m0/s1. The van der Waals surface area contributed by atoms with Gasteiger partial charge in [-0.05, 0) is 36.6 Å². The molecule has 0 amide bonds. The highest BCUT2D eigenvalue weighted by Crippen LogP contribution is 2.27. The van der Waals surface area contributed by atoms with Crippen molar-refractivity contribution in [3.63, 3.8) is 0 Å². The average molecular weight is 395 g/mol. The second-order valence-electron chi connectivity index (χ2n) is 6.42. The summed E-state index contributed by atoms with van der Waals surface area (Å²) < 4.78 is 53.1. The molecule has 0 aliphatic carbocycles. The highest BCUT2D eigenvalue weighted by molar-refractivity contribution is 7.93. The number of hydrogen-bond acceptors (Lipinski definition) is 4. The molecule has 8 heteroatoms. The highest BCUT2D eigenvalue weighted by Gasteiger charge is 2.28. The van der Waals surface area contributed by atoms with Crippen molar-refractivity contribution in [3.05, 3.63) is 65.7 Å². The Morgan fingerprint density at radius 3 is 2.50 bits per heavy atom. The summed E-state index contributed by atoms with van der Waals surface area (Å²) in [6, 6.07) is 15.5. The number of benzene rings is 2. The molecule has 3 rings (SSSR count). The summed E-state index contributed by atoms with van der Waals surface area (Å²) >= 11 is 0. The van der Waals surface area contributed by atoms with Gasteiger partial charge in [0.25, 0.3) is 0 Å². The lowest BCUT2D eigenvalue weighted by atomic mass is 10.1. The van der Waals surface area contributed by atoms with E-state index in [-0.39, 0.29) is 11.5 Å². The van der Waals surface area contributed by atoms with Crippen LogP contribution in [-0.4, -0.2) is 29.1 Å². The molecule has 0 saturated carbocycles. The number of nitrogens with one attached hydrogen (secondary N) is 1. The Bertz CT molecular complexity index is 973. The Morgan fingerprint density at radius 2 is 1.85 bits per heavy atom. The summed E-state index contributed by atoms with van der Waals surface area (Å²) in [5.74, 6) is 0.0505. The van der Waals surface area contributed by atoms with Crippen molar-refractivity contribution in [2.24, 2.45) is 0 Å². The van der Waals surface area contributed by atoms with Gasteiger partial charge in [-0.1, -0.05) is 42.5 Å². The van der Waals surface area contributed by atoms with Crippen LogP contribution in [0.4, 0.5) is 5.69 Å². The van der Waals surface area contributed by atoms with Crippen LogP contribution < -0.4 is 9.03 Å². The van der Waals surface area contributed by atoms with Gasteiger partial charge in [0.15, 0.2) is 0 Å². The molecule has 1 heterocycles. The summed E-state index contributed by atoms with van der Waals surface area (Å²) in [7, 11) is -6.78. The van der Waals surface area contributed by atoms with Gasteiger partial charge < -0.3 is 0 Å². The first-order chi connectivity index (χ1) is 12.3. The third kappa shape index (κ3) is 4.44. The SMILES string of the molecule is C[C@H](NS(=O)(=O)Cc1ccccc1)c1cccc(N2CCCS2(=O)=O)c1. The number of nitrogens with zero attached hydrogens (tertiary/aromatic N) is 1. The van der Waals surface area contributed by atoms with E-state index in [2.05, 4.69) is 4.72 Å². The molecular formula is C18H22N2O4S2. The van der Waals surface area contributed by atoms with E-state index in [1.807, 2.05) is 6.07 Å². The zero-order chi connectivity index (χ0) is 18.8. The van der Waals surface area contributed by atoms with Crippen LogP contribution in [0, 0.1) is 0 Å². The molecule has 1 N–H and O–H groups in total. The third-order valence-corrected chi connectivity index (χ3v) is 7.61. The number of sulfonamides is 2. The summed E-state index contributed by atoms with van der Waals surface area (Å²) in [5, 5.41) is 0. The maximum absolute atomic E-state index is 12.4. The first-order valence-corrected chi connectivity index (χ1v) is 11.7. The van der Waals surface area contributed by atoms with Crippen LogP contribution in [0.3, 0.4) is 0 Å². The van der Waals surface area contributed by atoms with E-state index in [9.17, 15) is 16.8 Å². The van der Waals surface area contributed by atoms with Gasteiger partial charge in [0.1, 0.15) is 0 Å². The summed E-state index contributed by atoms with van der Waals surface area (Å²) in [4.78, 5) is 0. The molecule has 0 spiro atoms. The van der Waals surface area contributed by atoms with Gasteiger partial charge in [-0.2, -0.15) is 0 Å². The fourth-order valence-corrected chi connectivity index (χ4v) is 6.00. The second kappa shape index (κ2) is 7.38. The minimum absolute atomic E-state index is 0.0988. The van der Waals surface area contributed by atoms with Crippen molar-refractivity contribution in [1.82, 2.24) is 4.72 Å². The lowest BCUT2D eigenvalue weighted by Crippen LogP contribution is -2.29. The predicted molar refractivity (Wildman–Crippen MR) is 103 cm³/mol. The van der Waals surface area contributed by atoms with E-state index in [1.165, 1.54) is 4.31 Å². The third-order valence-electron chi connectivity index (χ3n) is 4.31. The number of anilines is 1. The van der Waals surface area contributed by atoms with E-state index >= 15 is 0 Å². The molecule has 1 saturated heterocycles. The minimum atomic E-state index is -3.52. The Kier molecular flexibility index (Phi) is 5.36. The second-order valence-corrected chi connectivity index (χ2v) is 10.2. The molecule has 2 aromatic carbocycles. The van der Waals surface area contributed by atoms with Gasteiger partial charge in [-0.15, -0.1) is 0 Å². The topological polar surface area (TPSA) is 83.6 Å². The molecule has 6 nitrogen and oxygen atoms in total. The molecule has 140 valence electrons. The first kappa shape index (κ1) is 18.9. The number of rotatable bonds is 6. The quantitative estimate of drug-likeness (QED) is 0.815. The van der Waals surface area contributed by atoms with Gasteiger partial charge in [-0.3, -0.25) is 4.31 Å². The summed E-state index contributed by atoms with van der Waals surface area (Å²) in [6.45, 7) is 2.21. The molecule has 0 radical (unpaired) electrons. The molecule has 1 aliphatic rings. The Labute approximate surface area is 155 Å². The Morgan fingerprint density at radius 1 is 1.12 bits per heavy atom. The van der Waals surface area contributed by atoms with E-state index in [4.69, 9.17) is 0 Å². The van der Waals surface area contributed by atoms with Crippen molar-refractivity contribution < 1.29 is 16.8 Å². The monoisotopic (exact) mass is 394 g/mol. The first-order valence-electron chi connectivity index (χ1n) is 8.41. The smallest absolute Gasteiger partial charge is 0.235 e. The van der Waals surface area contributed by atoms with E-state index in [0.29, 0.717) is 24.2 Å². The molecule has 0 bridgehead atoms. The zero-order valence-electron chi connectivity index (χ0n) is 14.5. The van der Waals surface area contributed by atoms with Crippen molar-refractivity contribution in [1.29, 1.82) is 0 Å². The molecule has 1 atom stereocenters. The molecular weight excluding hydrogens is 372 g/mol. The lowest BCUT2D eigenvalue weighted by Gasteiger charge is -2.20. The van der Waals surface area contributed by atoms with Gasteiger partial charge >= 0.3 is 0 Å². The van der Waals surface area contributed by atoms with Crippen molar-refractivity contribution in [3.8, 4) is 0 Å². The van der Waals surface area contributed by atoms with Crippen molar-refractivity contribution in [2.45, 2.75) is 25.1 Å². The van der Waals surface area contributed by atoms with Crippen LogP contribution in [0.25, 0.3) is 0 Å². The predicted octanol–water partition coefficient (Wildman–Crippen LogP) is 2.41. The van der Waals surface area contributed by atoms with Gasteiger partial charge in [0, 0.05) is 12.6 Å². The van der Waals surface area contributed by atoms with Crippen molar-refractivity contribution in [2.75, 3.05) is 16.6 Å². The molecule has 1 aliphatic heterocycles. The molecule has 0 aromatic heterocycles. The molecule has 0 unspecified atom stereocenters. The van der Waals surface area contributed by atoms with E-state index < -0.39 is 26.1 Å². The van der Waals surface area contributed by atoms with Gasteiger partial charge in [0.05, 0.1) is 17.2 Å². The van der Waals surface area contributed by atoms with Gasteiger partial charge in [0.2, 0.25) is 20.0 Å². The maximum atomic E-state index is 12.4. The minimum Gasteiger partial charge on any atom is -0.270 e. The fourth-order valence-electron chi connectivity index (χ4n) is 3.05. The summed E-state index contributed by atoms with van der Waals surface area (Å²) in [6.07, 6.45) is 0.603. The normalized spacial score (nSPS) is 18.0. The van der Waals surface area contributed by atoms with Crippen LogP contribution in [0.1, 0.15) is 30.5 Å². The Balaban J connectivity index is 1.76. The zero-order valence-corrected chi connectivity index (χ0v) is 16.1. The fraction of sp³-hybridized carbons (Fsp3) is 0.333. The molecule has 1 fully saturated rings. The molecule has 26 heavy (non-hydrogen) atoms. The van der Waals surface area contributed by atoms with Crippen LogP contribution in [0.15, 0.2) is 54.6 Å². The molecule has 2 aromatic rings. The summed E-state index contributed by atoms with van der Waals surface area (Å²) in [5.41, 5.74) is 2.01. The van der Waals surface area contributed by atoms with Gasteiger partial charge in [-0.25, -0.2) is 21.6 Å². The van der Waals surface area contributed by atoms with E-state index in [0.717, 1.165) is 5.56 Å². The Hall–Kier alpha value is -1.90. The van der Waals surface area contributed by atoms with Crippen LogP contribution >= 0.6 is 0 Å². The van der Waals surface area contributed by atoms with Crippen LogP contribution in [0.2, 0.25) is 0 Å². The van der Waals surface area contributed by atoms with E-state index in [1.54, 1.807) is 55.5 Å². The number of hydrogen-bond donors (Lipinski definition) is 1.